The number of carbonyl (C=O) groups is 4. The van der Waals surface area contributed by atoms with Crippen molar-refractivity contribution >= 4 is 101 Å². The number of alkyl carbamates (subject to hydrolysis) is 2. The van der Waals surface area contributed by atoms with Crippen molar-refractivity contribution in [2.24, 2.45) is 37.0 Å². The number of aliphatic hydroxyl groups excluding tert-OH is 1. The minimum absolute atomic E-state index is 0.0138. The first-order valence-electron chi connectivity index (χ1n) is 38.0. The number of aliphatic hydroxyl groups is 1. The summed E-state index contributed by atoms with van der Waals surface area (Å²) in [5.74, 6) is 1.47. The number of halogens is 1. The van der Waals surface area contributed by atoms with Crippen LogP contribution in [0.1, 0.15) is 177 Å². The maximum atomic E-state index is 12.7. The van der Waals surface area contributed by atoms with Crippen molar-refractivity contribution in [2.45, 2.75) is 202 Å². The third-order valence-electron chi connectivity index (χ3n) is 22.5. The lowest BCUT2D eigenvalue weighted by molar-refractivity contribution is -0.143. The van der Waals surface area contributed by atoms with Gasteiger partial charge < -0.3 is 69.3 Å². The molecule has 5 N–H and O–H groups in total. The minimum atomic E-state index is -0.581. The van der Waals surface area contributed by atoms with E-state index in [1.54, 1.807) is 12.4 Å². The fraction of sp³-hybridized carbons (Fsp3) is 0.537. The molecule has 2 amide bonds. The first-order valence-corrected chi connectivity index (χ1v) is 39.1. The van der Waals surface area contributed by atoms with Gasteiger partial charge in [0.1, 0.15) is 62.3 Å². The molecule has 29 nitrogen and oxygen atoms in total. The van der Waals surface area contributed by atoms with Crippen LogP contribution in [0.15, 0.2) is 88.0 Å². The second-order valence-corrected chi connectivity index (χ2v) is 33.2. The van der Waals surface area contributed by atoms with Gasteiger partial charge in [0.25, 0.3) is 0 Å². The number of rotatable bonds is 12. The number of benzene rings is 2. The molecule has 16 rings (SSSR count). The fourth-order valence-corrected chi connectivity index (χ4v) is 17.3. The molecule has 2 aromatic carbocycles. The third-order valence-corrected chi connectivity index (χ3v) is 23.4. The second kappa shape index (κ2) is 31.6. The monoisotopic (exact) mass is 1620 g/mol. The molecule has 7 aromatic rings. The van der Waals surface area contributed by atoms with Gasteiger partial charge in [-0.25, -0.2) is 39.5 Å². The van der Waals surface area contributed by atoms with Crippen molar-refractivity contribution in [3.8, 4) is 0 Å². The average Bonchev–Trinajstić information content (AvgIpc) is 1.50. The maximum absolute atomic E-state index is 12.7. The van der Waals surface area contributed by atoms with Crippen molar-refractivity contribution in [1.29, 1.82) is 0 Å². The molecule has 110 heavy (non-hydrogen) atoms. The molecule has 0 bridgehead atoms. The molecule has 6 saturated heterocycles. The lowest BCUT2D eigenvalue weighted by Crippen LogP contribution is -2.55. The van der Waals surface area contributed by atoms with Gasteiger partial charge >= 0.3 is 24.1 Å². The average molecular weight is 1620 g/mol. The van der Waals surface area contributed by atoms with E-state index in [1.807, 2.05) is 110 Å². The summed E-state index contributed by atoms with van der Waals surface area (Å²) < 4.78 is 40.5. The number of hydrogen-bond acceptors (Lipinski definition) is 27. The van der Waals surface area contributed by atoms with E-state index in [0.717, 1.165) is 159 Å². The van der Waals surface area contributed by atoms with Gasteiger partial charge in [-0.3, -0.25) is 34.5 Å². The van der Waals surface area contributed by atoms with Gasteiger partial charge in [-0.2, -0.15) is 0 Å². The number of nitrogens with two attached hydrogens (primary N) is 1. The Morgan fingerprint density at radius 1 is 0.527 bits per heavy atom. The van der Waals surface area contributed by atoms with Crippen molar-refractivity contribution in [3.63, 3.8) is 0 Å². The standard InChI is InChI=1S/C32H38N6O5.C25H28N6O2.C23H32IN5O5/c1-19-28(37-30(40)43-31(3,4)5)32(18-42-19)11-14-38(15-12-32)29-25(17-41-20(2)39)35-27-24(36-29)16-34-26(27)22-8-6-10-23-21(22)9-7-13-33-23;1-15-23(26)25(14-33-15)7-10-31(11-8-25)24-20(13-32)29-22-19(30-24)12-28-21(22)17-4-2-6-18-16(17)5-3-9-27-18;1-13-18(28-21(31)34-22(3,4)5)23(12-33-13)6-8-29(9-7-23)20-16(11-32-14(2)30)26-17-15(27-20)10-25-19(17)24/h6-10,13,19,28H,11-12,14-18H2,1-5H3,(H,37,40);2-6,9,15,23,32H,7-8,10-14,26H2,1H3;13,18H,6-12H2,1-5H3,(H,28,31)/t19-,28+;15-,23+;13-,18+/m000/s1. The zero-order valence-electron chi connectivity index (χ0n) is 64.4. The number of fused-ring (bicyclic) bond motifs is 5. The zero-order valence-corrected chi connectivity index (χ0v) is 66.6. The number of carbonyl (C=O) groups excluding carboxylic acids is 4. The molecule has 0 unspecified atom stereocenters. The zero-order chi connectivity index (χ0) is 77.6. The Bertz CT molecular complexity index is 4760. The molecule has 5 aromatic heterocycles. The molecule has 6 atom stereocenters. The Labute approximate surface area is 653 Å². The summed E-state index contributed by atoms with van der Waals surface area (Å²) in [5.41, 5.74) is 16.9. The first-order chi connectivity index (χ1) is 52.6. The Morgan fingerprint density at radius 3 is 1.32 bits per heavy atom. The molecular weight excluding hydrogens is 1520 g/mol. The van der Waals surface area contributed by atoms with Gasteiger partial charge in [-0.05, 0) is 148 Å². The second-order valence-electron chi connectivity index (χ2n) is 32.1. The van der Waals surface area contributed by atoms with E-state index in [1.165, 1.54) is 13.8 Å². The van der Waals surface area contributed by atoms with E-state index in [9.17, 15) is 24.3 Å². The summed E-state index contributed by atoms with van der Waals surface area (Å²) in [6.45, 7) is 27.6. The van der Waals surface area contributed by atoms with Gasteiger partial charge in [-0.15, -0.1) is 0 Å². The normalized spacial score (nSPS) is 22.6. The Hall–Kier alpha value is -9.08. The van der Waals surface area contributed by atoms with E-state index in [0.29, 0.717) is 74.5 Å². The number of ether oxygens (including phenoxy) is 7. The molecule has 6 fully saturated rings. The molecule has 30 heteroatoms. The van der Waals surface area contributed by atoms with Gasteiger partial charge in [0.2, 0.25) is 0 Å². The first kappa shape index (κ1) is 77.6. The highest BCUT2D eigenvalue weighted by atomic mass is 127. The Morgan fingerprint density at radius 2 is 0.909 bits per heavy atom. The highest BCUT2D eigenvalue weighted by Gasteiger charge is 2.53. The lowest BCUT2D eigenvalue weighted by Gasteiger charge is -2.43. The highest BCUT2D eigenvalue weighted by Crippen LogP contribution is 2.47. The van der Waals surface area contributed by atoms with Crippen molar-refractivity contribution in [2.75, 3.05) is 73.8 Å². The number of pyridine rings is 2. The molecule has 0 radical (unpaired) electrons. The molecule has 582 valence electrons. The molecule has 0 saturated carbocycles. The van der Waals surface area contributed by atoms with Crippen LogP contribution in [-0.2, 0) is 82.2 Å². The van der Waals surface area contributed by atoms with Crippen LogP contribution in [0, 0.1) is 16.2 Å². The number of amides is 2. The molecule has 9 aliphatic heterocycles. The summed E-state index contributed by atoms with van der Waals surface area (Å²) in [4.78, 5) is 108. The number of esters is 2. The van der Waals surface area contributed by atoms with Crippen LogP contribution < -0.4 is 31.1 Å². The number of hydrogen-bond donors (Lipinski definition) is 4. The van der Waals surface area contributed by atoms with Gasteiger partial charge in [0, 0.05) is 110 Å². The Kier molecular flexibility index (Phi) is 22.3. The van der Waals surface area contributed by atoms with Gasteiger partial charge in [-0.1, -0.05) is 36.4 Å². The summed E-state index contributed by atoms with van der Waals surface area (Å²) >= 11 is 2.16. The van der Waals surface area contributed by atoms with Crippen molar-refractivity contribution < 1.29 is 57.4 Å². The van der Waals surface area contributed by atoms with Crippen LogP contribution in [0.2, 0.25) is 0 Å². The van der Waals surface area contributed by atoms with E-state index in [-0.39, 0.29) is 84.4 Å². The quantitative estimate of drug-likeness (QED) is 0.0502. The smallest absolute Gasteiger partial charge is 0.407 e. The van der Waals surface area contributed by atoms with Crippen LogP contribution in [0.25, 0.3) is 21.8 Å². The lowest BCUT2D eigenvalue weighted by atomic mass is 9.73. The SMILES string of the molecule is CC(=O)OCc1nc2c(nc1N1CCC3(CC1)CO[C@@H](C)[C@H]3NC(=O)OC(C)(C)C)CN=C2I.CC(=O)OCc1nc2c(nc1N1CCC3(CC1)CO[C@@H](C)[C@H]3NC(=O)OC(C)(C)C)CN=C2c1cccc2ncccc12.C[C@@H]1OCC2(CCN(c3nc4c(nc3CO)C(c3cccc5ncccc35)=NC4)CC2)[C@@H]1N. The number of nitrogens with zero attached hydrogens (tertiary/aromatic N) is 14. The topological polar surface area (TPSA) is 353 Å². The van der Waals surface area contributed by atoms with E-state index < -0.39 is 23.4 Å². The number of anilines is 3. The minimum Gasteiger partial charge on any atom is -0.459 e. The number of aromatic nitrogens is 8. The summed E-state index contributed by atoms with van der Waals surface area (Å²) in [7, 11) is 0. The molecular formula is C80H98IN17O12. The van der Waals surface area contributed by atoms with E-state index in [2.05, 4.69) is 75.9 Å². The predicted molar refractivity (Wildman–Crippen MR) is 422 cm³/mol. The van der Waals surface area contributed by atoms with Crippen molar-refractivity contribution in [1.82, 2.24) is 50.5 Å². The van der Waals surface area contributed by atoms with E-state index in [4.69, 9.17) is 78.8 Å². The van der Waals surface area contributed by atoms with E-state index >= 15 is 0 Å². The van der Waals surface area contributed by atoms with Crippen LogP contribution in [-0.4, -0.2) is 191 Å². The summed E-state index contributed by atoms with van der Waals surface area (Å²) in [6.07, 6.45) is 7.71. The molecule has 3 spiro atoms. The fourth-order valence-electron chi connectivity index (χ4n) is 16.7. The van der Waals surface area contributed by atoms with Crippen molar-refractivity contribution in [3.05, 3.63) is 135 Å². The highest BCUT2D eigenvalue weighted by molar-refractivity contribution is 14.1. The number of aliphatic imine (C=N–C) groups is 3. The van der Waals surface area contributed by atoms with Gasteiger partial charge in [0.15, 0.2) is 17.5 Å². The number of piperidine rings is 3. The number of nitrogens with one attached hydrogen (secondary N) is 2. The summed E-state index contributed by atoms with van der Waals surface area (Å²) in [5, 5.41) is 18.4. The largest absolute Gasteiger partial charge is 0.459 e. The van der Waals surface area contributed by atoms with Crippen LogP contribution in [0.4, 0.5) is 27.0 Å². The summed E-state index contributed by atoms with van der Waals surface area (Å²) in [6, 6.07) is 19.7. The van der Waals surface area contributed by atoms with Gasteiger partial charge in [0.05, 0.1) is 116 Å². The Balaban J connectivity index is 0.000000139. The molecule has 9 aliphatic rings. The van der Waals surface area contributed by atoms with Crippen LogP contribution >= 0.6 is 22.6 Å². The third kappa shape index (κ3) is 16.2. The molecule has 0 aliphatic carbocycles. The van der Waals surface area contributed by atoms with Crippen LogP contribution in [0.5, 0.6) is 0 Å². The molecule has 14 heterocycles. The van der Waals surface area contributed by atoms with Crippen LogP contribution in [0.3, 0.4) is 0 Å². The maximum Gasteiger partial charge on any atom is 0.407 e. The predicted octanol–water partition coefficient (Wildman–Crippen LogP) is 9.67.